The van der Waals surface area contributed by atoms with Crippen LogP contribution in [0.25, 0.3) is 0 Å². The first-order chi connectivity index (χ1) is 9.45. The van der Waals surface area contributed by atoms with Crippen LogP contribution < -0.4 is 0 Å². The Morgan fingerprint density at radius 3 is 2.30 bits per heavy atom. The summed E-state index contributed by atoms with van der Waals surface area (Å²) in [5, 5.41) is 0.743. The first-order valence-electron chi connectivity index (χ1n) is 7.12. The maximum atomic E-state index is 12.7. The van der Waals surface area contributed by atoms with Crippen molar-refractivity contribution in [3.05, 3.63) is 29.8 Å². The Bertz CT molecular complexity index is 535. The van der Waals surface area contributed by atoms with E-state index < -0.39 is 10.0 Å². The maximum Gasteiger partial charge on any atom is 0.243 e. The van der Waals surface area contributed by atoms with Gasteiger partial charge in [0.25, 0.3) is 0 Å². The number of benzene rings is 1. The van der Waals surface area contributed by atoms with Crippen molar-refractivity contribution in [3.8, 4) is 0 Å². The Kier molecular flexibility index (Phi) is 5.26. The summed E-state index contributed by atoms with van der Waals surface area (Å²) in [7, 11) is -3.34. The minimum Gasteiger partial charge on any atom is -0.207 e. The van der Waals surface area contributed by atoms with Crippen LogP contribution in [-0.2, 0) is 15.4 Å². The van der Waals surface area contributed by atoms with Crippen LogP contribution in [-0.4, -0.2) is 25.3 Å². The maximum absolute atomic E-state index is 12.7. The highest BCUT2D eigenvalue weighted by Gasteiger charge is 2.37. The van der Waals surface area contributed by atoms with Crippen LogP contribution in [0, 0.1) is 5.92 Å². The fourth-order valence-electron chi connectivity index (χ4n) is 2.13. The number of sulfonamides is 1. The van der Waals surface area contributed by atoms with Gasteiger partial charge in [0.05, 0.1) is 4.90 Å². The first kappa shape index (κ1) is 16.0. The molecule has 1 saturated carbocycles. The van der Waals surface area contributed by atoms with Crippen molar-refractivity contribution in [2.45, 2.75) is 49.4 Å². The molecule has 0 spiro atoms. The summed E-state index contributed by atoms with van der Waals surface area (Å²) in [6.07, 6.45) is 2.91. The molecule has 0 amide bonds. The fraction of sp³-hybridized carbons (Fsp3) is 0.600. The largest absolute Gasteiger partial charge is 0.243 e. The molecular formula is C15H22BrNO2S. The molecule has 3 nitrogen and oxygen atoms in total. The molecule has 1 aliphatic rings. The fourth-order valence-corrected chi connectivity index (χ4v) is 4.21. The Hall–Kier alpha value is -0.390. The van der Waals surface area contributed by atoms with Crippen LogP contribution in [0.1, 0.15) is 38.7 Å². The van der Waals surface area contributed by atoms with Crippen molar-refractivity contribution in [1.82, 2.24) is 4.31 Å². The molecule has 20 heavy (non-hydrogen) atoms. The summed E-state index contributed by atoms with van der Waals surface area (Å²) >= 11 is 3.38. The van der Waals surface area contributed by atoms with E-state index in [-0.39, 0.29) is 6.04 Å². The third-order valence-electron chi connectivity index (χ3n) is 3.57. The van der Waals surface area contributed by atoms with Crippen molar-refractivity contribution in [2.75, 3.05) is 6.54 Å². The molecule has 0 aromatic heterocycles. The molecule has 112 valence electrons. The standard InChI is InChI=1S/C15H22BrNO2S/c1-12(2)9-10-17(14-5-6-14)20(18,19)15-7-3-13(11-16)4-8-15/h3-4,7-8,12,14H,5-6,9-11H2,1-2H3. The van der Waals surface area contributed by atoms with Crippen LogP contribution in [0.4, 0.5) is 0 Å². The Morgan fingerprint density at radius 1 is 1.25 bits per heavy atom. The van der Waals surface area contributed by atoms with Crippen LogP contribution in [0.2, 0.25) is 0 Å². The van der Waals surface area contributed by atoms with Gasteiger partial charge in [0.15, 0.2) is 0 Å². The zero-order chi connectivity index (χ0) is 14.8. The predicted octanol–water partition coefficient (Wildman–Crippen LogP) is 3.78. The first-order valence-corrected chi connectivity index (χ1v) is 9.68. The topological polar surface area (TPSA) is 37.4 Å². The van der Waals surface area contributed by atoms with E-state index in [2.05, 4.69) is 29.8 Å². The molecule has 0 saturated heterocycles. The zero-order valence-corrected chi connectivity index (χ0v) is 14.5. The van der Waals surface area contributed by atoms with Gasteiger partial charge in [-0.1, -0.05) is 41.9 Å². The van der Waals surface area contributed by atoms with Crippen LogP contribution in [0.3, 0.4) is 0 Å². The number of hydrogen-bond donors (Lipinski definition) is 0. The van der Waals surface area contributed by atoms with E-state index in [4.69, 9.17) is 0 Å². The molecule has 0 heterocycles. The highest BCUT2D eigenvalue weighted by molar-refractivity contribution is 9.08. The number of halogens is 1. The average molecular weight is 360 g/mol. The van der Waals surface area contributed by atoms with E-state index in [1.54, 1.807) is 16.4 Å². The van der Waals surface area contributed by atoms with Gasteiger partial charge in [-0.3, -0.25) is 0 Å². The second-order valence-electron chi connectivity index (χ2n) is 5.81. The predicted molar refractivity (Wildman–Crippen MR) is 85.4 cm³/mol. The van der Waals surface area contributed by atoms with E-state index in [1.807, 2.05) is 12.1 Å². The van der Waals surface area contributed by atoms with Gasteiger partial charge in [0, 0.05) is 17.9 Å². The van der Waals surface area contributed by atoms with E-state index in [1.165, 1.54) is 0 Å². The lowest BCUT2D eigenvalue weighted by Crippen LogP contribution is -2.34. The third-order valence-corrected chi connectivity index (χ3v) is 6.18. The van der Waals surface area contributed by atoms with Crippen molar-refractivity contribution in [3.63, 3.8) is 0 Å². The van der Waals surface area contributed by atoms with Gasteiger partial charge in [-0.15, -0.1) is 0 Å². The zero-order valence-electron chi connectivity index (χ0n) is 12.0. The minimum atomic E-state index is -3.34. The van der Waals surface area contributed by atoms with Gasteiger partial charge in [0.1, 0.15) is 0 Å². The normalized spacial score (nSPS) is 16.1. The van der Waals surface area contributed by atoms with E-state index in [9.17, 15) is 8.42 Å². The number of rotatable bonds is 7. The molecule has 0 bridgehead atoms. The lowest BCUT2D eigenvalue weighted by Gasteiger charge is -2.23. The molecule has 1 aliphatic carbocycles. The molecule has 5 heteroatoms. The SMILES string of the molecule is CC(C)CCN(C1CC1)S(=O)(=O)c1ccc(CBr)cc1. The highest BCUT2D eigenvalue weighted by Crippen LogP contribution is 2.32. The summed E-state index contributed by atoms with van der Waals surface area (Å²) in [6.45, 7) is 4.88. The number of nitrogens with zero attached hydrogens (tertiary/aromatic N) is 1. The summed E-state index contributed by atoms with van der Waals surface area (Å²) < 4.78 is 27.2. The molecule has 2 rings (SSSR count). The molecular weight excluding hydrogens is 338 g/mol. The second-order valence-corrected chi connectivity index (χ2v) is 8.26. The van der Waals surface area contributed by atoms with Gasteiger partial charge in [-0.25, -0.2) is 8.42 Å². The van der Waals surface area contributed by atoms with Gasteiger partial charge in [-0.2, -0.15) is 4.31 Å². The average Bonchev–Trinajstić information content (AvgIpc) is 3.23. The summed E-state index contributed by atoms with van der Waals surface area (Å²) in [4.78, 5) is 0.415. The Balaban J connectivity index is 2.20. The smallest absolute Gasteiger partial charge is 0.207 e. The minimum absolute atomic E-state index is 0.217. The number of alkyl halides is 1. The summed E-state index contributed by atoms with van der Waals surface area (Å²) in [5.74, 6) is 0.516. The van der Waals surface area contributed by atoms with Gasteiger partial charge in [0.2, 0.25) is 10.0 Å². The lowest BCUT2D eigenvalue weighted by molar-refractivity contribution is 0.373. The lowest BCUT2D eigenvalue weighted by atomic mass is 10.1. The Morgan fingerprint density at radius 2 is 1.85 bits per heavy atom. The van der Waals surface area contributed by atoms with Crippen molar-refractivity contribution in [1.29, 1.82) is 0 Å². The number of hydrogen-bond acceptors (Lipinski definition) is 2. The molecule has 1 aromatic rings. The summed E-state index contributed by atoms with van der Waals surface area (Å²) in [5.41, 5.74) is 1.09. The van der Waals surface area contributed by atoms with Crippen molar-refractivity contribution >= 4 is 26.0 Å². The molecule has 0 aliphatic heterocycles. The monoisotopic (exact) mass is 359 g/mol. The van der Waals surface area contributed by atoms with Gasteiger partial charge < -0.3 is 0 Å². The summed E-state index contributed by atoms with van der Waals surface area (Å²) in [6, 6.07) is 7.40. The molecule has 0 N–H and O–H groups in total. The third kappa shape index (κ3) is 3.83. The Labute approximate surface area is 130 Å². The van der Waals surface area contributed by atoms with Gasteiger partial charge >= 0.3 is 0 Å². The van der Waals surface area contributed by atoms with Crippen LogP contribution in [0.15, 0.2) is 29.2 Å². The quantitative estimate of drug-likeness (QED) is 0.694. The molecule has 0 atom stereocenters. The molecule has 1 fully saturated rings. The van der Waals surface area contributed by atoms with Crippen LogP contribution in [0.5, 0.6) is 0 Å². The van der Waals surface area contributed by atoms with E-state index in [0.29, 0.717) is 17.4 Å². The van der Waals surface area contributed by atoms with Gasteiger partial charge in [-0.05, 0) is 42.9 Å². The van der Waals surface area contributed by atoms with Crippen LogP contribution >= 0.6 is 15.9 Å². The van der Waals surface area contributed by atoms with E-state index in [0.717, 1.165) is 30.2 Å². The molecule has 0 unspecified atom stereocenters. The van der Waals surface area contributed by atoms with Crippen molar-refractivity contribution < 1.29 is 8.42 Å². The molecule has 1 aromatic carbocycles. The highest BCUT2D eigenvalue weighted by atomic mass is 79.9. The van der Waals surface area contributed by atoms with Crippen molar-refractivity contribution in [2.24, 2.45) is 5.92 Å². The molecule has 0 radical (unpaired) electrons. The second kappa shape index (κ2) is 6.58. The van der Waals surface area contributed by atoms with E-state index >= 15 is 0 Å².